The first-order chi connectivity index (χ1) is 7.16. The molecule has 1 aliphatic rings. The highest BCUT2D eigenvalue weighted by atomic mass is 35.5. The largest absolute Gasteiger partial charge is 0.398 e. The molecule has 1 aromatic carbocycles. The van der Waals surface area contributed by atoms with E-state index in [9.17, 15) is 0 Å². The van der Waals surface area contributed by atoms with Crippen LogP contribution in [-0.4, -0.2) is 18.0 Å². The fourth-order valence-corrected chi connectivity index (χ4v) is 2.12. The lowest BCUT2D eigenvalue weighted by atomic mass is 9.91. The monoisotopic (exact) mass is 224 g/mol. The van der Waals surface area contributed by atoms with Crippen molar-refractivity contribution in [3.63, 3.8) is 0 Å². The van der Waals surface area contributed by atoms with Crippen LogP contribution in [0.25, 0.3) is 0 Å². The highest BCUT2D eigenvalue weighted by Gasteiger charge is 2.21. The van der Waals surface area contributed by atoms with E-state index in [1.54, 1.807) is 0 Å². The second kappa shape index (κ2) is 4.42. The quantitative estimate of drug-likeness (QED) is 0.800. The van der Waals surface area contributed by atoms with Crippen molar-refractivity contribution in [1.82, 2.24) is 4.90 Å². The van der Waals surface area contributed by atoms with E-state index < -0.39 is 0 Å². The van der Waals surface area contributed by atoms with E-state index in [1.165, 1.54) is 24.8 Å². The van der Waals surface area contributed by atoms with Gasteiger partial charge in [0.1, 0.15) is 0 Å². The molecule has 1 aliphatic carbocycles. The Bertz CT molecular complexity index is 347. The zero-order valence-corrected chi connectivity index (χ0v) is 9.80. The number of anilines is 1. The zero-order chi connectivity index (χ0) is 10.8. The van der Waals surface area contributed by atoms with Crippen LogP contribution >= 0.6 is 11.6 Å². The van der Waals surface area contributed by atoms with Gasteiger partial charge in [-0.1, -0.05) is 24.1 Å². The van der Waals surface area contributed by atoms with E-state index in [-0.39, 0.29) is 0 Å². The molecule has 0 bridgehead atoms. The Labute approximate surface area is 96.0 Å². The molecule has 1 saturated carbocycles. The van der Waals surface area contributed by atoms with Crippen molar-refractivity contribution >= 4 is 17.3 Å². The van der Waals surface area contributed by atoms with Crippen molar-refractivity contribution in [2.24, 2.45) is 0 Å². The number of rotatable bonds is 3. The third-order valence-electron chi connectivity index (χ3n) is 3.19. The lowest BCUT2D eigenvalue weighted by Crippen LogP contribution is -2.36. The van der Waals surface area contributed by atoms with Crippen molar-refractivity contribution in [3.05, 3.63) is 28.8 Å². The van der Waals surface area contributed by atoms with E-state index in [4.69, 9.17) is 17.3 Å². The molecule has 0 amide bonds. The van der Waals surface area contributed by atoms with Crippen molar-refractivity contribution in [3.8, 4) is 0 Å². The van der Waals surface area contributed by atoms with Gasteiger partial charge < -0.3 is 5.73 Å². The van der Waals surface area contributed by atoms with Crippen molar-refractivity contribution < 1.29 is 0 Å². The predicted octanol–water partition coefficient (Wildman–Crippen LogP) is 2.91. The Balaban J connectivity index is 2.00. The molecule has 0 aromatic heterocycles. The summed E-state index contributed by atoms with van der Waals surface area (Å²) in [6.45, 7) is 0.963. The van der Waals surface area contributed by atoms with Gasteiger partial charge in [0.2, 0.25) is 0 Å². The molecule has 0 aliphatic heterocycles. The number of nitrogens with two attached hydrogens (primary N) is 1. The minimum absolute atomic E-state index is 0.659. The maximum atomic E-state index is 5.98. The summed E-state index contributed by atoms with van der Waals surface area (Å²) in [4.78, 5) is 2.39. The van der Waals surface area contributed by atoms with E-state index in [1.807, 2.05) is 12.1 Å². The van der Waals surface area contributed by atoms with Crippen LogP contribution in [0.2, 0.25) is 5.02 Å². The van der Waals surface area contributed by atoms with Crippen molar-refractivity contribution in [2.45, 2.75) is 31.8 Å². The number of halogens is 1. The SMILES string of the molecule is CN(Cc1ccc(N)c(Cl)c1)C1CCC1. The first-order valence-electron chi connectivity index (χ1n) is 5.41. The molecular formula is C12H17ClN2. The Morgan fingerprint density at radius 2 is 2.20 bits per heavy atom. The minimum atomic E-state index is 0.659. The van der Waals surface area contributed by atoms with Gasteiger partial charge in [0, 0.05) is 12.6 Å². The number of hydrogen-bond donors (Lipinski definition) is 1. The maximum Gasteiger partial charge on any atom is 0.0638 e. The van der Waals surface area contributed by atoms with Gasteiger partial charge >= 0.3 is 0 Å². The van der Waals surface area contributed by atoms with Crippen LogP contribution in [0.4, 0.5) is 5.69 Å². The molecule has 0 spiro atoms. The molecule has 2 nitrogen and oxygen atoms in total. The molecular weight excluding hydrogens is 208 g/mol. The third kappa shape index (κ3) is 2.44. The van der Waals surface area contributed by atoms with E-state index in [0.29, 0.717) is 10.7 Å². The van der Waals surface area contributed by atoms with Gasteiger partial charge in [0.05, 0.1) is 10.7 Å². The topological polar surface area (TPSA) is 29.3 Å². The van der Waals surface area contributed by atoms with E-state index in [0.717, 1.165) is 12.6 Å². The molecule has 1 fully saturated rings. The molecule has 3 heteroatoms. The van der Waals surface area contributed by atoms with Crippen LogP contribution in [0.3, 0.4) is 0 Å². The molecule has 82 valence electrons. The summed E-state index contributed by atoms with van der Waals surface area (Å²) in [5.41, 5.74) is 7.57. The van der Waals surface area contributed by atoms with Gasteiger partial charge in [-0.2, -0.15) is 0 Å². The summed E-state index contributed by atoms with van der Waals surface area (Å²) in [5, 5.41) is 0.662. The van der Waals surface area contributed by atoms with Crippen LogP contribution in [0.1, 0.15) is 24.8 Å². The molecule has 2 rings (SSSR count). The first-order valence-corrected chi connectivity index (χ1v) is 5.79. The van der Waals surface area contributed by atoms with Crippen molar-refractivity contribution in [2.75, 3.05) is 12.8 Å². The third-order valence-corrected chi connectivity index (χ3v) is 3.52. The standard InChI is InChI=1S/C12H17ClN2/c1-15(10-3-2-4-10)8-9-5-6-12(14)11(13)7-9/h5-7,10H,2-4,8,14H2,1H3. The molecule has 2 N–H and O–H groups in total. The second-order valence-electron chi connectivity index (χ2n) is 4.36. The van der Waals surface area contributed by atoms with Gasteiger partial charge in [-0.05, 0) is 37.6 Å². The van der Waals surface area contributed by atoms with Crippen LogP contribution in [0, 0.1) is 0 Å². The normalized spacial score (nSPS) is 16.7. The van der Waals surface area contributed by atoms with Gasteiger partial charge in [-0.3, -0.25) is 4.90 Å². The summed E-state index contributed by atoms with van der Waals surface area (Å²) in [6, 6.07) is 6.66. The average Bonchev–Trinajstić information content (AvgIpc) is 2.08. The van der Waals surface area contributed by atoms with Gasteiger partial charge in [-0.15, -0.1) is 0 Å². The minimum Gasteiger partial charge on any atom is -0.398 e. The van der Waals surface area contributed by atoms with Gasteiger partial charge in [-0.25, -0.2) is 0 Å². The highest BCUT2D eigenvalue weighted by Crippen LogP contribution is 2.26. The number of benzene rings is 1. The average molecular weight is 225 g/mol. The summed E-state index contributed by atoms with van der Waals surface area (Å²) < 4.78 is 0. The Morgan fingerprint density at radius 1 is 1.47 bits per heavy atom. The molecule has 1 aromatic rings. The lowest BCUT2D eigenvalue weighted by molar-refractivity contribution is 0.152. The van der Waals surface area contributed by atoms with Gasteiger partial charge in [0.15, 0.2) is 0 Å². The molecule has 0 radical (unpaired) electrons. The molecule has 0 unspecified atom stereocenters. The molecule has 15 heavy (non-hydrogen) atoms. The highest BCUT2D eigenvalue weighted by molar-refractivity contribution is 6.33. The smallest absolute Gasteiger partial charge is 0.0638 e. The predicted molar refractivity (Wildman–Crippen MR) is 65.0 cm³/mol. The summed E-state index contributed by atoms with van der Waals surface area (Å²) in [5.74, 6) is 0. The van der Waals surface area contributed by atoms with Crippen LogP contribution in [-0.2, 0) is 6.54 Å². The van der Waals surface area contributed by atoms with Gasteiger partial charge in [0.25, 0.3) is 0 Å². The molecule has 0 saturated heterocycles. The Kier molecular flexibility index (Phi) is 3.17. The fraction of sp³-hybridized carbons (Fsp3) is 0.500. The van der Waals surface area contributed by atoms with Crippen LogP contribution in [0.5, 0.6) is 0 Å². The molecule has 0 atom stereocenters. The lowest BCUT2D eigenvalue weighted by Gasteiger charge is -2.34. The summed E-state index contributed by atoms with van der Waals surface area (Å²) in [6.07, 6.45) is 4.04. The van der Waals surface area contributed by atoms with Crippen molar-refractivity contribution in [1.29, 1.82) is 0 Å². The van der Waals surface area contributed by atoms with E-state index in [2.05, 4.69) is 18.0 Å². The number of nitrogens with zero attached hydrogens (tertiary/aromatic N) is 1. The van der Waals surface area contributed by atoms with Crippen LogP contribution in [0.15, 0.2) is 18.2 Å². The zero-order valence-electron chi connectivity index (χ0n) is 9.04. The van der Waals surface area contributed by atoms with Crippen LogP contribution < -0.4 is 5.73 Å². The first kappa shape index (κ1) is 10.8. The maximum absolute atomic E-state index is 5.98. The molecule has 0 heterocycles. The Morgan fingerprint density at radius 3 is 2.73 bits per heavy atom. The number of nitrogen functional groups attached to an aromatic ring is 1. The summed E-state index contributed by atoms with van der Waals surface area (Å²) >= 11 is 5.98. The van der Waals surface area contributed by atoms with E-state index >= 15 is 0 Å². The fourth-order valence-electron chi connectivity index (χ4n) is 1.91. The number of hydrogen-bond acceptors (Lipinski definition) is 2. The summed E-state index contributed by atoms with van der Waals surface area (Å²) in [7, 11) is 2.17. The Hall–Kier alpha value is -0.730. The second-order valence-corrected chi connectivity index (χ2v) is 4.76.